The molecule has 0 spiro atoms. The molecule has 2 aromatic carbocycles. The molecule has 0 saturated carbocycles. The minimum atomic E-state index is -0.397. The van der Waals surface area contributed by atoms with Crippen LogP contribution in [0.25, 0.3) is 0 Å². The highest BCUT2D eigenvalue weighted by Crippen LogP contribution is 2.22. The zero-order valence-electron chi connectivity index (χ0n) is 12.6. The van der Waals surface area contributed by atoms with Crippen molar-refractivity contribution >= 4 is 23.0 Å². The number of halogens is 2. The third-order valence-corrected chi connectivity index (χ3v) is 3.64. The number of hydrogen-bond acceptors (Lipinski definition) is 2. The second kappa shape index (κ2) is 6.81. The molecule has 0 fully saturated rings. The summed E-state index contributed by atoms with van der Waals surface area (Å²) in [5.41, 5.74) is 5.77. The quantitative estimate of drug-likeness (QED) is 0.765. The highest BCUT2D eigenvalue weighted by molar-refractivity contribution is 6.31. The van der Waals surface area contributed by atoms with Gasteiger partial charge in [0, 0.05) is 24.5 Å². The molecule has 2 aromatic rings. The van der Waals surface area contributed by atoms with Gasteiger partial charge in [-0.3, -0.25) is 0 Å². The fourth-order valence-corrected chi connectivity index (χ4v) is 2.64. The largest absolute Gasteiger partial charge is 0.383 e. The maximum absolute atomic E-state index is 13.1. The number of benzene rings is 2. The summed E-state index contributed by atoms with van der Waals surface area (Å²) in [6, 6.07) is 8.99. The highest BCUT2D eigenvalue weighted by atomic mass is 35.5. The van der Waals surface area contributed by atoms with Crippen molar-refractivity contribution in [2.45, 2.75) is 20.8 Å². The number of rotatable bonds is 5. The van der Waals surface area contributed by atoms with Crippen LogP contribution in [0.4, 0.5) is 15.8 Å². The molecule has 2 nitrogen and oxygen atoms in total. The van der Waals surface area contributed by atoms with Crippen LogP contribution < -0.4 is 10.6 Å². The van der Waals surface area contributed by atoms with Crippen molar-refractivity contribution in [2.24, 2.45) is 0 Å². The first-order valence-corrected chi connectivity index (χ1v) is 7.36. The smallest absolute Gasteiger partial charge is 0.141 e. The maximum atomic E-state index is 13.1. The Morgan fingerprint density at radius 3 is 2.19 bits per heavy atom. The third kappa shape index (κ3) is 4.11. The molecule has 2 rings (SSSR count). The maximum Gasteiger partial charge on any atom is 0.141 e. The summed E-state index contributed by atoms with van der Waals surface area (Å²) in [6.45, 7) is 7.82. The molecule has 0 unspecified atom stereocenters. The van der Waals surface area contributed by atoms with Crippen molar-refractivity contribution < 1.29 is 4.39 Å². The van der Waals surface area contributed by atoms with E-state index < -0.39 is 5.82 Å². The average molecular weight is 307 g/mol. The number of anilines is 2. The van der Waals surface area contributed by atoms with Crippen LogP contribution in [0, 0.1) is 26.6 Å². The third-order valence-electron chi connectivity index (χ3n) is 3.35. The van der Waals surface area contributed by atoms with E-state index in [-0.39, 0.29) is 5.02 Å². The summed E-state index contributed by atoms with van der Waals surface area (Å²) < 4.78 is 13.1. The van der Waals surface area contributed by atoms with Crippen LogP contribution in [0.5, 0.6) is 0 Å². The van der Waals surface area contributed by atoms with Crippen molar-refractivity contribution in [3.8, 4) is 0 Å². The summed E-state index contributed by atoms with van der Waals surface area (Å²) in [5.74, 6) is -0.397. The van der Waals surface area contributed by atoms with Crippen molar-refractivity contribution in [2.75, 3.05) is 23.7 Å². The lowest BCUT2D eigenvalue weighted by Crippen LogP contribution is -2.15. The molecule has 0 aliphatic heterocycles. The van der Waals surface area contributed by atoms with Crippen molar-refractivity contribution in [1.82, 2.24) is 0 Å². The Morgan fingerprint density at radius 2 is 1.57 bits per heavy atom. The average Bonchev–Trinajstić information content (AvgIpc) is 2.40. The summed E-state index contributed by atoms with van der Waals surface area (Å²) in [4.78, 5) is 0. The lowest BCUT2D eigenvalue weighted by Gasteiger charge is -2.14. The number of nitrogens with one attached hydrogen (secondary N) is 2. The molecular formula is C17H20ClFN2. The van der Waals surface area contributed by atoms with Gasteiger partial charge in [0.15, 0.2) is 0 Å². The standard InChI is InChI=1S/C17H20ClFN2/c1-11-8-12(2)17(13(3)9-11)21-7-6-20-14-4-5-16(19)15(18)10-14/h4-5,8-10,20-21H,6-7H2,1-3H3. The van der Waals surface area contributed by atoms with Crippen LogP contribution in [0.2, 0.25) is 5.02 Å². The Morgan fingerprint density at radius 1 is 0.952 bits per heavy atom. The van der Waals surface area contributed by atoms with Gasteiger partial charge in [0.1, 0.15) is 5.82 Å². The van der Waals surface area contributed by atoms with Crippen LogP contribution in [-0.4, -0.2) is 13.1 Å². The molecule has 2 N–H and O–H groups in total. The van der Waals surface area contributed by atoms with Gasteiger partial charge in [-0.05, 0) is 50.1 Å². The topological polar surface area (TPSA) is 24.1 Å². The first-order valence-electron chi connectivity index (χ1n) is 6.98. The van der Waals surface area contributed by atoms with Crippen LogP contribution in [0.15, 0.2) is 30.3 Å². The summed E-state index contributed by atoms with van der Waals surface area (Å²) in [6.07, 6.45) is 0. The van der Waals surface area contributed by atoms with E-state index >= 15 is 0 Å². The summed E-state index contributed by atoms with van der Waals surface area (Å²) in [7, 11) is 0. The van der Waals surface area contributed by atoms with Gasteiger partial charge >= 0.3 is 0 Å². The zero-order valence-corrected chi connectivity index (χ0v) is 13.3. The monoisotopic (exact) mass is 306 g/mol. The molecule has 0 heterocycles. The van der Waals surface area contributed by atoms with Crippen molar-refractivity contribution in [1.29, 1.82) is 0 Å². The SMILES string of the molecule is Cc1cc(C)c(NCCNc2ccc(F)c(Cl)c2)c(C)c1. The summed E-state index contributed by atoms with van der Waals surface area (Å²) >= 11 is 5.75. The molecular weight excluding hydrogens is 287 g/mol. The molecule has 112 valence electrons. The van der Waals surface area contributed by atoms with E-state index in [9.17, 15) is 4.39 Å². The molecule has 0 aromatic heterocycles. The van der Waals surface area contributed by atoms with Crippen LogP contribution in [-0.2, 0) is 0 Å². The van der Waals surface area contributed by atoms with Crippen LogP contribution in [0.1, 0.15) is 16.7 Å². The fraction of sp³-hybridized carbons (Fsp3) is 0.294. The van der Waals surface area contributed by atoms with E-state index in [1.165, 1.54) is 28.4 Å². The van der Waals surface area contributed by atoms with Gasteiger partial charge in [-0.2, -0.15) is 0 Å². The molecule has 0 aliphatic rings. The van der Waals surface area contributed by atoms with E-state index in [4.69, 9.17) is 11.6 Å². The lowest BCUT2D eigenvalue weighted by atomic mass is 10.1. The van der Waals surface area contributed by atoms with Gasteiger partial charge in [0.2, 0.25) is 0 Å². The highest BCUT2D eigenvalue weighted by Gasteiger charge is 2.03. The molecule has 21 heavy (non-hydrogen) atoms. The minimum Gasteiger partial charge on any atom is -0.383 e. The Balaban J connectivity index is 1.89. The molecule has 0 amide bonds. The Hall–Kier alpha value is -1.74. The second-order valence-electron chi connectivity index (χ2n) is 5.26. The van der Waals surface area contributed by atoms with Crippen molar-refractivity contribution in [3.63, 3.8) is 0 Å². The molecule has 0 radical (unpaired) electrons. The van der Waals surface area contributed by atoms with E-state index in [0.29, 0.717) is 0 Å². The molecule has 0 atom stereocenters. The van der Waals surface area contributed by atoms with Crippen LogP contribution >= 0.6 is 11.6 Å². The zero-order chi connectivity index (χ0) is 15.4. The van der Waals surface area contributed by atoms with Gasteiger partial charge in [-0.25, -0.2) is 4.39 Å². The first-order chi connectivity index (χ1) is 9.97. The summed E-state index contributed by atoms with van der Waals surface area (Å²) in [5, 5.41) is 6.79. The lowest BCUT2D eigenvalue weighted by molar-refractivity contribution is 0.628. The van der Waals surface area contributed by atoms with Crippen molar-refractivity contribution in [3.05, 3.63) is 57.9 Å². The van der Waals surface area contributed by atoms with Gasteiger partial charge in [-0.15, -0.1) is 0 Å². The molecule has 0 bridgehead atoms. The number of aryl methyl sites for hydroxylation is 3. The predicted octanol–water partition coefficient (Wildman–Crippen LogP) is 4.93. The Kier molecular flexibility index (Phi) is 5.07. The fourth-order valence-electron chi connectivity index (χ4n) is 2.46. The Labute approximate surface area is 130 Å². The number of hydrogen-bond donors (Lipinski definition) is 2. The van der Waals surface area contributed by atoms with Gasteiger partial charge in [0.05, 0.1) is 5.02 Å². The van der Waals surface area contributed by atoms with Gasteiger partial charge < -0.3 is 10.6 Å². The van der Waals surface area contributed by atoms with E-state index in [2.05, 4.69) is 43.5 Å². The van der Waals surface area contributed by atoms with Gasteiger partial charge in [0.25, 0.3) is 0 Å². The Bertz CT molecular complexity index is 618. The van der Waals surface area contributed by atoms with Crippen LogP contribution in [0.3, 0.4) is 0 Å². The molecule has 0 saturated heterocycles. The predicted molar refractivity (Wildman–Crippen MR) is 89.0 cm³/mol. The molecule has 0 aliphatic carbocycles. The van der Waals surface area contributed by atoms with E-state index in [0.717, 1.165) is 18.8 Å². The molecule has 4 heteroatoms. The first kappa shape index (κ1) is 15.6. The van der Waals surface area contributed by atoms with E-state index in [1.807, 2.05) is 0 Å². The van der Waals surface area contributed by atoms with Gasteiger partial charge in [-0.1, -0.05) is 29.3 Å². The normalized spacial score (nSPS) is 10.5. The minimum absolute atomic E-state index is 0.137. The second-order valence-corrected chi connectivity index (χ2v) is 5.66. The van der Waals surface area contributed by atoms with E-state index in [1.54, 1.807) is 12.1 Å².